The number of H-pyrrole nitrogens is 1. The molecule has 8 heteroatoms. The van der Waals surface area contributed by atoms with Crippen LogP contribution in [-0.2, 0) is 11.2 Å². The Labute approximate surface area is 127 Å². The lowest BCUT2D eigenvalue weighted by Gasteiger charge is -2.26. The predicted molar refractivity (Wildman–Crippen MR) is 79.9 cm³/mol. The van der Waals surface area contributed by atoms with Gasteiger partial charge in [0.2, 0.25) is 5.95 Å². The average molecular weight is 305 g/mol. The topological polar surface area (TPSA) is 96.3 Å². The fraction of sp³-hybridized carbons (Fsp3) is 0.500. The molecule has 22 heavy (non-hydrogen) atoms. The fourth-order valence-electron chi connectivity index (χ4n) is 2.29. The number of nitrogens with zero attached hydrogens (tertiary/aromatic N) is 3. The fourth-order valence-corrected chi connectivity index (χ4v) is 2.29. The molecule has 118 valence electrons. The minimum atomic E-state index is -0.250. The van der Waals surface area contributed by atoms with E-state index in [1.54, 1.807) is 18.4 Å². The largest absolute Gasteiger partial charge is 0.469 e. The van der Waals surface area contributed by atoms with Crippen molar-refractivity contribution in [3.05, 3.63) is 40.2 Å². The monoisotopic (exact) mass is 305 g/mol. The maximum atomic E-state index is 12.0. The Morgan fingerprint density at radius 1 is 1.32 bits per heavy atom. The minimum absolute atomic E-state index is 0.250. The Kier molecular flexibility index (Phi) is 4.81. The molecule has 3 heterocycles. The van der Waals surface area contributed by atoms with E-state index in [0.717, 1.165) is 32.8 Å². The van der Waals surface area contributed by atoms with E-state index in [2.05, 4.69) is 25.4 Å². The van der Waals surface area contributed by atoms with Gasteiger partial charge in [0.15, 0.2) is 0 Å². The first-order chi connectivity index (χ1) is 10.8. The molecule has 0 unspecified atom stereocenters. The van der Waals surface area contributed by atoms with Crippen molar-refractivity contribution in [2.75, 3.05) is 44.7 Å². The minimum Gasteiger partial charge on any atom is -0.469 e. The molecule has 0 radical (unpaired) electrons. The molecule has 0 aromatic carbocycles. The zero-order chi connectivity index (χ0) is 15.2. The standard InChI is InChI=1S/C14H19N5O3/c20-13-12(10-11-2-1-7-22-11)17-18-14(16-13)15-3-4-19-5-8-21-9-6-19/h1-2,7H,3-6,8-10H2,(H2,15,16,18,20). The van der Waals surface area contributed by atoms with Gasteiger partial charge in [-0.1, -0.05) is 0 Å². The Bertz CT molecular complexity index is 634. The summed E-state index contributed by atoms with van der Waals surface area (Å²) in [5, 5.41) is 11.1. The highest BCUT2D eigenvalue weighted by atomic mass is 16.5. The first kappa shape index (κ1) is 14.7. The number of hydrogen-bond donors (Lipinski definition) is 2. The van der Waals surface area contributed by atoms with Gasteiger partial charge in [-0.05, 0) is 12.1 Å². The van der Waals surface area contributed by atoms with Crippen molar-refractivity contribution in [1.82, 2.24) is 20.1 Å². The summed E-state index contributed by atoms with van der Waals surface area (Å²) in [5.74, 6) is 1.08. The average Bonchev–Trinajstić information content (AvgIpc) is 3.04. The van der Waals surface area contributed by atoms with Crippen molar-refractivity contribution in [2.24, 2.45) is 0 Å². The van der Waals surface area contributed by atoms with Crippen LogP contribution >= 0.6 is 0 Å². The number of nitrogens with one attached hydrogen (secondary N) is 2. The van der Waals surface area contributed by atoms with E-state index < -0.39 is 0 Å². The van der Waals surface area contributed by atoms with Crippen LogP contribution in [0.5, 0.6) is 0 Å². The lowest BCUT2D eigenvalue weighted by molar-refractivity contribution is 0.0398. The smallest absolute Gasteiger partial charge is 0.274 e. The van der Waals surface area contributed by atoms with Gasteiger partial charge in [0.1, 0.15) is 11.5 Å². The molecule has 1 saturated heterocycles. The number of ether oxygens (including phenoxy) is 1. The van der Waals surface area contributed by atoms with E-state index in [9.17, 15) is 4.79 Å². The van der Waals surface area contributed by atoms with Gasteiger partial charge >= 0.3 is 0 Å². The molecule has 1 fully saturated rings. The lowest BCUT2D eigenvalue weighted by Crippen LogP contribution is -2.39. The molecular weight excluding hydrogens is 286 g/mol. The molecule has 2 N–H and O–H groups in total. The molecule has 1 aliphatic rings. The van der Waals surface area contributed by atoms with Crippen LogP contribution in [-0.4, -0.2) is 59.5 Å². The van der Waals surface area contributed by atoms with Crippen LogP contribution in [0.3, 0.4) is 0 Å². The number of morpholine rings is 1. The normalized spacial score (nSPS) is 15.8. The Hall–Kier alpha value is -2.19. The third-order valence-electron chi connectivity index (χ3n) is 3.51. The van der Waals surface area contributed by atoms with Gasteiger partial charge < -0.3 is 14.5 Å². The van der Waals surface area contributed by atoms with Crippen molar-refractivity contribution in [1.29, 1.82) is 0 Å². The zero-order valence-electron chi connectivity index (χ0n) is 12.2. The van der Waals surface area contributed by atoms with Gasteiger partial charge in [0.25, 0.3) is 5.56 Å². The maximum absolute atomic E-state index is 12.0. The van der Waals surface area contributed by atoms with Crippen molar-refractivity contribution < 1.29 is 9.15 Å². The Morgan fingerprint density at radius 2 is 2.18 bits per heavy atom. The van der Waals surface area contributed by atoms with Crippen molar-refractivity contribution in [3.8, 4) is 0 Å². The van der Waals surface area contributed by atoms with E-state index >= 15 is 0 Å². The van der Waals surface area contributed by atoms with Gasteiger partial charge in [-0.2, -0.15) is 0 Å². The molecule has 0 aliphatic carbocycles. The highest BCUT2D eigenvalue weighted by Gasteiger charge is 2.10. The van der Waals surface area contributed by atoms with Crippen LogP contribution in [0.2, 0.25) is 0 Å². The molecular formula is C14H19N5O3. The van der Waals surface area contributed by atoms with Gasteiger partial charge in [-0.25, -0.2) is 0 Å². The second-order valence-corrected chi connectivity index (χ2v) is 5.09. The van der Waals surface area contributed by atoms with E-state index in [1.165, 1.54) is 0 Å². The van der Waals surface area contributed by atoms with Crippen LogP contribution in [0.15, 0.2) is 27.6 Å². The van der Waals surface area contributed by atoms with Gasteiger partial charge in [-0.15, -0.1) is 10.2 Å². The molecule has 2 aromatic heterocycles. The van der Waals surface area contributed by atoms with Crippen LogP contribution in [0.4, 0.5) is 5.95 Å². The molecule has 0 bridgehead atoms. The molecule has 1 aliphatic heterocycles. The van der Waals surface area contributed by atoms with Crippen LogP contribution < -0.4 is 10.9 Å². The second kappa shape index (κ2) is 7.19. The van der Waals surface area contributed by atoms with Crippen molar-refractivity contribution >= 4 is 5.95 Å². The van der Waals surface area contributed by atoms with Crippen molar-refractivity contribution in [3.63, 3.8) is 0 Å². The number of anilines is 1. The molecule has 8 nitrogen and oxygen atoms in total. The Balaban J connectivity index is 1.52. The quantitative estimate of drug-likeness (QED) is 0.781. The number of aromatic nitrogens is 3. The number of rotatable bonds is 6. The van der Waals surface area contributed by atoms with E-state index in [4.69, 9.17) is 9.15 Å². The summed E-state index contributed by atoms with van der Waals surface area (Å²) in [5.41, 5.74) is 0.0916. The highest BCUT2D eigenvalue weighted by Crippen LogP contribution is 2.04. The van der Waals surface area contributed by atoms with Crippen molar-refractivity contribution in [2.45, 2.75) is 6.42 Å². The molecule has 2 aromatic rings. The maximum Gasteiger partial charge on any atom is 0.274 e. The summed E-state index contributed by atoms with van der Waals surface area (Å²) in [4.78, 5) is 17.0. The highest BCUT2D eigenvalue weighted by molar-refractivity contribution is 5.22. The molecule has 0 spiro atoms. The molecule has 3 rings (SSSR count). The molecule has 0 saturated carbocycles. The molecule has 0 atom stereocenters. The van der Waals surface area contributed by atoms with Crippen LogP contribution in [0, 0.1) is 0 Å². The second-order valence-electron chi connectivity index (χ2n) is 5.09. The summed E-state index contributed by atoms with van der Waals surface area (Å²) in [6.45, 7) is 5.00. The van der Waals surface area contributed by atoms with Gasteiger partial charge in [-0.3, -0.25) is 14.7 Å². The first-order valence-electron chi connectivity index (χ1n) is 7.33. The summed E-state index contributed by atoms with van der Waals surface area (Å²) in [6.07, 6.45) is 1.90. The lowest BCUT2D eigenvalue weighted by atomic mass is 10.2. The van der Waals surface area contributed by atoms with Crippen LogP contribution in [0.25, 0.3) is 0 Å². The Morgan fingerprint density at radius 3 is 2.91 bits per heavy atom. The van der Waals surface area contributed by atoms with E-state index in [0.29, 0.717) is 30.4 Å². The number of hydrogen-bond acceptors (Lipinski definition) is 7. The predicted octanol–water partition coefficient (Wildman–Crippen LogP) is 0.0928. The SMILES string of the molecule is O=c1[nH]c(NCCN2CCOCC2)nnc1Cc1ccco1. The number of aromatic amines is 1. The van der Waals surface area contributed by atoms with E-state index in [1.807, 2.05) is 0 Å². The van der Waals surface area contributed by atoms with Gasteiger partial charge in [0, 0.05) is 26.2 Å². The molecule has 0 amide bonds. The third-order valence-corrected chi connectivity index (χ3v) is 3.51. The summed E-state index contributed by atoms with van der Waals surface area (Å²) in [6, 6.07) is 3.58. The summed E-state index contributed by atoms with van der Waals surface area (Å²) < 4.78 is 10.5. The third kappa shape index (κ3) is 3.92. The first-order valence-corrected chi connectivity index (χ1v) is 7.33. The summed E-state index contributed by atoms with van der Waals surface area (Å²) >= 11 is 0. The summed E-state index contributed by atoms with van der Waals surface area (Å²) in [7, 11) is 0. The van der Waals surface area contributed by atoms with E-state index in [-0.39, 0.29) is 5.56 Å². The number of furan rings is 1. The van der Waals surface area contributed by atoms with Crippen LogP contribution in [0.1, 0.15) is 11.5 Å². The zero-order valence-corrected chi connectivity index (χ0v) is 12.2. The van der Waals surface area contributed by atoms with Gasteiger partial charge in [0.05, 0.1) is 25.9 Å².